The summed E-state index contributed by atoms with van der Waals surface area (Å²) >= 11 is 0. The molecule has 0 bridgehead atoms. The van der Waals surface area contributed by atoms with E-state index in [0.29, 0.717) is 17.9 Å². The van der Waals surface area contributed by atoms with Crippen LogP contribution in [0, 0.1) is 6.92 Å². The molecular formula is C25H33N3O3. The summed E-state index contributed by atoms with van der Waals surface area (Å²) in [6, 6.07) is 9.88. The number of aromatic nitrogens is 2. The Hall–Kier alpha value is -3.02. The standard InChI is InChI=1S/C25H33N3O3/c1-6-10-27(11-7-2)24(29)16-22(19-13-20(30-4)15-21(14-19)31-5)23-17-26-25-18(3)9-8-12-28(23)25/h8-9,12-15,17,22H,6-7,10-11,16H2,1-5H3. The molecule has 0 radical (unpaired) electrons. The number of amides is 1. The lowest BCUT2D eigenvalue weighted by molar-refractivity contribution is -0.131. The van der Waals surface area contributed by atoms with Gasteiger partial charge in [0.1, 0.15) is 17.1 Å². The highest BCUT2D eigenvalue weighted by Gasteiger charge is 2.25. The van der Waals surface area contributed by atoms with Crippen molar-refractivity contribution in [1.29, 1.82) is 0 Å². The molecule has 0 saturated carbocycles. The van der Waals surface area contributed by atoms with E-state index in [4.69, 9.17) is 9.47 Å². The second-order valence-corrected chi connectivity index (χ2v) is 7.85. The van der Waals surface area contributed by atoms with E-state index in [1.54, 1.807) is 14.2 Å². The van der Waals surface area contributed by atoms with Gasteiger partial charge in [-0.3, -0.25) is 4.79 Å². The molecule has 31 heavy (non-hydrogen) atoms. The number of aryl methyl sites for hydroxylation is 1. The van der Waals surface area contributed by atoms with E-state index in [0.717, 1.165) is 48.4 Å². The fourth-order valence-electron chi connectivity index (χ4n) is 4.06. The van der Waals surface area contributed by atoms with E-state index >= 15 is 0 Å². The van der Waals surface area contributed by atoms with Crippen LogP contribution in [0.3, 0.4) is 0 Å². The number of hydrogen-bond acceptors (Lipinski definition) is 4. The molecule has 2 heterocycles. The summed E-state index contributed by atoms with van der Waals surface area (Å²) in [7, 11) is 3.28. The molecule has 3 rings (SSSR count). The van der Waals surface area contributed by atoms with Crippen molar-refractivity contribution in [2.24, 2.45) is 0 Å². The maximum atomic E-state index is 13.3. The maximum Gasteiger partial charge on any atom is 0.223 e. The van der Waals surface area contributed by atoms with Crippen LogP contribution in [-0.2, 0) is 4.79 Å². The number of methoxy groups -OCH3 is 2. The van der Waals surface area contributed by atoms with Crippen LogP contribution in [0.15, 0.2) is 42.7 Å². The Balaban J connectivity index is 2.10. The van der Waals surface area contributed by atoms with E-state index in [9.17, 15) is 4.79 Å². The number of pyridine rings is 1. The minimum atomic E-state index is -0.176. The zero-order chi connectivity index (χ0) is 22.4. The van der Waals surface area contributed by atoms with E-state index in [-0.39, 0.29) is 11.8 Å². The largest absolute Gasteiger partial charge is 0.497 e. The van der Waals surface area contributed by atoms with Gasteiger partial charge in [0.2, 0.25) is 5.91 Å². The Kier molecular flexibility index (Phi) is 7.55. The highest BCUT2D eigenvalue weighted by atomic mass is 16.5. The minimum absolute atomic E-state index is 0.151. The third kappa shape index (κ3) is 5.01. The quantitative estimate of drug-likeness (QED) is 0.469. The fraction of sp³-hybridized carbons (Fsp3) is 0.440. The van der Waals surface area contributed by atoms with Crippen LogP contribution in [0.4, 0.5) is 0 Å². The molecule has 3 aromatic rings. The Morgan fingerprint density at radius 1 is 1.10 bits per heavy atom. The summed E-state index contributed by atoms with van der Waals surface area (Å²) in [6.07, 6.45) is 6.14. The van der Waals surface area contributed by atoms with Crippen LogP contribution in [0.25, 0.3) is 5.65 Å². The molecule has 0 aliphatic rings. The predicted molar refractivity (Wildman–Crippen MR) is 123 cm³/mol. The van der Waals surface area contributed by atoms with Crippen LogP contribution in [0.2, 0.25) is 0 Å². The molecule has 1 unspecified atom stereocenters. The number of imidazole rings is 1. The average Bonchev–Trinajstić information content (AvgIpc) is 3.22. The Labute approximate surface area is 184 Å². The van der Waals surface area contributed by atoms with Gasteiger partial charge >= 0.3 is 0 Å². The van der Waals surface area contributed by atoms with Gasteiger partial charge in [0.05, 0.1) is 19.9 Å². The Bertz CT molecular complexity index is 1000. The van der Waals surface area contributed by atoms with Gasteiger partial charge in [0, 0.05) is 43.9 Å². The van der Waals surface area contributed by atoms with Gasteiger partial charge in [0.15, 0.2) is 0 Å². The first-order valence-electron chi connectivity index (χ1n) is 11.0. The third-order valence-corrected chi connectivity index (χ3v) is 5.61. The normalized spacial score (nSPS) is 12.0. The van der Waals surface area contributed by atoms with E-state index < -0.39 is 0 Å². The first-order valence-corrected chi connectivity index (χ1v) is 11.0. The van der Waals surface area contributed by atoms with Gasteiger partial charge < -0.3 is 18.8 Å². The SMILES string of the molecule is CCCN(CCC)C(=O)CC(c1cc(OC)cc(OC)c1)c1cnc2c(C)cccn12. The molecule has 0 fully saturated rings. The van der Waals surface area contributed by atoms with Gasteiger partial charge in [-0.15, -0.1) is 0 Å². The maximum absolute atomic E-state index is 13.3. The first-order chi connectivity index (χ1) is 15.0. The lowest BCUT2D eigenvalue weighted by Gasteiger charge is -2.25. The van der Waals surface area contributed by atoms with Crippen molar-refractivity contribution in [3.05, 3.63) is 59.5 Å². The molecule has 0 aliphatic heterocycles. The minimum Gasteiger partial charge on any atom is -0.497 e. The van der Waals surface area contributed by atoms with Crippen LogP contribution >= 0.6 is 0 Å². The second kappa shape index (κ2) is 10.3. The van der Waals surface area contributed by atoms with Gasteiger partial charge in [-0.05, 0) is 49.1 Å². The molecule has 6 heteroatoms. The summed E-state index contributed by atoms with van der Waals surface area (Å²) < 4.78 is 13.1. The van der Waals surface area contributed by atoms with Crippen molar-refractivity contribution in [3.8, 4) is 11.5 Å². The van der Waals surface area contributed by atoms with Gasteiger partial charge in [-0.25, -0.2) is 4.98 Å². The molecule has 0 aliphatic carbocycles. The van der Waals surface area contributed by atoms with Crippen molar-refractivity contribution in [1.82, 2.24) is 14.3 Å². The molecule has 0 saturated heterocycles. The van der Waals surface area contributed by atoms with Crippen molar-refractivity contribution < 1.29 is 14.3 Å². The summed E-state index contributed by atoms with van der Waals surface area (Å²) in [4.78, 5) is 20.0. The summed E-state index contributed by atoms with van der Waals surface area (Å²) in [5.74, 6) is 1.38. The van der Waals surface area contributed by atoms with Crippen LogP contribution in [0.5, 0.6) is 11.5 Å². The van der Waals surface area contributed by atoms with Crippen molar-refractivity contribution in [2.45, 2.75) is 46.0 Å². The lowest BCUT2D eigenvalue weighted by atomic mass is 9.91. The highest BCUT2D eigenvalue weighted by Crippen LogP contribution is 2.35. The number of nitrogens with zero attached hydrogens (tertiary/aromatic N) is 3. The topological polar surface area (TPSA) is 56.1 Å². The number of rotatable bonds is 10. The van der Waals surface area contributed by atoms with Gasteiger partial charge in [0.25, 0.3) is 0 Å². The first kappa shape index (κ1) is 22.7. The predicted octanol–water partition coefficient (Wildman–Crippen LogP) is 4.83. The average molecular weight is 424 g/mol. The third-order valence-electron chi connectivity index (χ3n) is 5.61. The summed E-state index contributed by atoms with van der Waals surface area (Å²) in [5.41, 5.74) is 3.96. The molecule has 1 aromatic carbocycles. The highest BCUT2D eigenvalue weighted by molar-refractivity contribution is 5.78. The van der Waals surface area contributed by atoms with Crippen LogP contribution in [0.1, 0.15) is 55.8 Å². The summed E-state index contributed by atoms with van der Waals surface area (Å²) in [6.45, 7) is 7.80. The summed E-state index contributed by atoms with van der Waals surface area (Å²) in [5, 5.41) is 0. The fourth-order valence-corrected chi connectivity index (χ4v) is 4.06. The van der Waals surface area contributed by atoms with Crippen LogP contribution in [-0.4, -0.2) is 47.5 Å². The van der Waals surface area contributed by atoms with Gasteiger partial charge in [-0.1, -0.05) is 19.9 Å². The van der Waals surface area contributed by atoms with Crippen molar-refractivity contribution >= 4 is 11.6 Å². The molecule has 0 N–H and O–H groups in total. The number of hydrogen-bond donors (Lipinski definition) is 0. The van der Waals surface area contributed by atoms with Crippen molar-refractivity contribution in [2.75, 3.05) is 27.3 Å². The number of carbonyl (C=O) groups is 1. The van der Waals surface area contributed by atoms with Crippen LogP contribution < -0.4 is 9.47 Å². The van der Waals surface area contributed by atoms with E-state index in [1.165, 1.54) is 0 Å². The van der Waals surface area contributed by atoms with E-state index in [1.807, 2.05) is 54.5 Å². The number of carbonyl (C=O) groups excluding carboxylic acids is 1. The lowest BCUT2D eigenvalue weighted by Crippen LogP contribution is -2.33. The molecule has 6 nitrogen and oxygen atoms in total. The van der Waals surface area contributed by atoms with Gasteiger partial charge in [-0.2, -0.15) is 0 Å². The Morgan fingerprint density at radius 2 is 1.74 bits per heavy atom. The molecule has 2 aromatic heterocycles. The smallest absolute Gasteiger partial charge is 0.223 e. The number of fused-ring (bicyclic) bond motifs is 1. The number of ether oxygens (including phenoxy) is 2. The van der Waals surface area contributed by atoms with E-state index in [2.05, 4.69) is 23.2 Å². The zero-order valence-electron chi connectivity index (χ0n) is 19.2. The molecule has 1 amide bonds. The molecule has 1 atom stereocenters. The zero-order valence-corrected chi connectivity index (χ0v) is 19.2. The second-order valence-electron chi connectivity index (χ2n) is 7.85. The monoisotopic (exact) mass is 423 g/mol. The Morgan fingerprint density at radius 3 is 2.32 bits per heavy atom. The number of benzene rings is 1. The molecular weight excluding hydrogens is 390 g/mol. The molecule has 166 valence electrons. The molecule has 0 spiro atoms. The van der Waals surface area contributed by atoms with Crippen molar-refractivity contribution in [3.63, 3.8) is 0 Å².